The summed E-state index contributed by atoms with van der Waals surface area (Å²) in [6, 6.07) is 9.82. The first-order valence-electron chi connectivity index (χ1n) is 9.03. The number of aromatic nitrogens is 5. The SMILES string of the molecule is Cc1ccn(C2CCN(c3ncn(Cc4ccc(Cl)cc4)c(=O)n3)CC2)n1. The number of aryl methyl sites for hydroxylation is 1. The molecule has 0 radical (unpaired) electrons. The highest BCUT2D eigenvalue weighted by Crippen LogP contribution is 2.23. The van der Waals surface area contributed by atoms with Crippen LogP contribution in [0.1, 0.15) is 30.1 Å². The Morgan fingerprint density at radius 2 is 1.89 bits per heavy atom. The normalized spacial score (nSPS) is 15.3. The molecule has 0 atom stereocenters. The van der Waals surface area contributed by atoms with Gasteiger partial charge in [0, 0.05) is 24.3 Å². The van der Waals surface area contributed by atoms with Crippen LogP contribution in [0.3, 0.4) is 0 Å². The van der Waals surface area contributed by atoms with Crippen molar-refractivity contribution in [2.75, 3.05) is 18.0 Å². The van der Waals surface area contributed by atoms with Crippen LogP contribution in [-0.4, -0.2) is 37.4 Å². The van der Waals surface area contributed by atoms with Crippen LogP contribution in [0.2, 0.25) is 5.02 Å². The van der Waals surface area contributed by atoms with E-state index in [4.69, 9.17) is 11.6 Å². The van der Waals surface area contributed by atoms with Crippen LogP contribution >= 0.6 is 11.6 Å². The third kappa shape index (κ3) is 4.03. The third-order valence-electron chi connectivity index (χ3n) is 4.88. The predicted octanol–water partition coefficient (Wildman–Crippen LogP) is 2.69. The summed E-state index contributed by atoms with van der Waals surface area (Å²) in [5.74, 6) is 0.502. The Bertz CT molecular complexity index is 972. The van der Waals surface area contributed by atoms with E-state index in [2.05, 4.69) is 20.0 Å². The van der Waals surface area contributed by atoms with Crippen molar-refractivity contribution in [3.8, 4) is 0 Å². The van der Waals surface area contributed by atoms with Gasteiger partial charge in [-0.2, -0.15) is 10.1 Å². The number of halogens is 1. The van der Waals surface area contributed by atoms with Gasteiger partial charge in [-0.05, 0) is 43.5 Å². The van der Waals surface area contributed by atoms with Crippen LogP contribution in [0.5, 0.6) is 0 Å². The van der Waals surface area contributed by atoms with Crippen molar-refractivity contribution in [3.63, 3.8) is 0 Å². The van der Waals surface area contributed by atoms with E-state index >= 15 is 0 Å². The summed E-state index contributed by atoms with van der Waals surface area (Å²) < 4.78 is 3.55. The molecule has 0 bridgehead atoms. The number of nitrogens with zero attached hydrogens (tertiary/aromatic N) is 6. The fourth-order valence-corrected chi connectivity index (χ4v) is 3.49. The van der Waals surface area contributed by atoms with Gasteiger partial charge in [0.15, 0.2) is 0 Å². The predicted molar refractivity (Wildman–Crippen MR) is 104 cm³/mol. The molecular formula is C19H21ClN6O. The van der Waals surface area contributed by atoms with E-state index in [1.54, 1.807) is 6.33 Å². The highest BCUT2D eigenvalue weighted by Gasteiger charge is 2.23. The Kier molecular flexibility index (Phi) is 4.94. The average molecular weight is 385 g/mol. The number of hydrogen-bond donors (Lipinski definition) is 0. The van der Waals surface area contributed by atoms with E-state index in [-0.39, 0.29) is 5.69 Å². The van der Waals surface area contributed by atoms with Crippen molar-refractivity contribution in [3.05, 3.63) is 69.6 Å². The second-order valence-electron chi connectivity index (χ2n) is 6.85. The van der Waals surface area contributed by atoms with Crippen molar-refractivity contribution in [2.45, 2.75) is 32.4 Å². The van der Waals surface area contributed by atoms with Crippen LogP contribution in [0.25, 0.3) is 0 Å². The lowest BCUT2D eigenvalue weighted by Gasteiger charge is -2.31. The quantitative estimate of drug-likeness (QED) is 0.691. The average Bonchev–Trinajstić information content (AvgIpc) is 3.12. The largest absolute Gasteiger partial charge is 0.352 e. The maximum absolute atomic E-state index is 12.4. The number of benzene rings is 1. The first kappa shape index (κ1) is 17.7. The molecule has 3 aromatic rings. The Balaban J connectivity index is 1.42. The molecule has 7 nitrogen and oxygen atoms in total. The molecule has 140 valence electrons. The van der Waals surface area contributed by atoms with E-state index in [1.165, 1.54) is 4.57 Å². The van der Waals surface area contributed by atoms with Gasteiger partial charge in [-0.3, -0.25) is 9.25 Å². The minimum absolute atomic E-state index is 0.292. The maximum atomic E-state index is 12.4. The van der Waals surface area contributed by atoms with Crippen molar-refractivity contribution < 1.29 is 0 Å². The minimum Gasteiger partial charge on any atom is -0.340 e. The highest BCUT2D eigenvalue weighted by molar-refractivity contribution is 6.30. The van der Waals surface area contributed by atoms with Crippen molar-refractivity contribution >= 4 is 17.5 Å². The van der Waals surface area contributed by atoms with Gasteiger partial charge in [-0.25, -0.2) is 9.78 Å². The van der Waals surface area contributed by atoms with Crippen LogP contribution in [0.4, 0.5) is 5.95 Å². The van der Waals surface area contributed by atoms with Crippen molar-refractivity contribution in [1.82, 2.24) is 24.3 Å². The molecule has 0 saturated carbocycles. The third-order valence-corrected chi connectivity index (χ3v) is 5.14. The van der Waals surface area contributed by atoms with Crippen LogP contribution in [0.15, 0.2) is 47.7 Å². The molecule has 0 spiro atoms. The van der Waals surface area contributed by atoms with E-state index in [1.807, 2.05) is 48.1 Å². The molecule has 0 N–H and O–H groups in total. The lowest BCUT2D eigenvalue weighted by Crippen LogP contribution is -2.38. The molecule has 1 saturated heterocycles. The molecule has 1 aromatic carbocycles. The Morgan fingerprint density at radius 1 is 1.15 bits per heavy atom. The Morgan fingerprint density at radius 3 is 2.52 bits per heavy atom. The Hall–Kier alpha value is -2.67. The van der Waals surface area contributed by atoms with Crippen molar-refractivity contribution in [2.24, 2.45) is 0 Å². The maximum Gasteiger partial charge on any atom is 0.352 e. The second kappa shape index (κ2) is 7.52. The molecule has 8 heteroatoms. The lowest BCUT2D eigenvalue weighted by molar-refractivity contribution is 0.363. The topological polar surface area (TPSA) is 68.8 Å². The van der Waals surface area contributed by atoms with E-state index in [0.29, 0.717) is 23.6 Å². The highest BCUT2D eigenvalue weighted by atomic mass is 35.5. The van der Waals surface area contributed by atoms with Gasteiger partial charge in [0.05, 0.1) is 18.3 Å². The van der Waals surface area contributed by atoms with Gasteiger partial charge in [0.25, 0.3) is 0 Å². The monoisotopic (exact) mass is 384 g/mol. The van der Waals surface area contributed by atoms with Crippen LogP contribution in [-0.2, 0) is 6.54 Å². The number of rotatable bonds is 4. The zero-order valence-electron chi connectivity index (χ0n) is 15.1. The standard InChI is InChI=1S/C19H21ClN6O/c1-14-6-11-26(23-14)17-7-9-24(10-8-17)18-21-13-25(19(27)22-18)12-15-2-4-16(20)5-3-15/h2-6,11,13,17H,7-10,12H2,1H3. The summed E-state index contributed by atoms with van der Waals surface area (Å²) in [6.07, 6.45) is 5.52. The van der Waals surface area contributed by atoms with E-state index < -0.39 is 0 Å². The molecule has 1 aliphatic rings. The number of hydrogen-bond acceptors (Lipinski definition) is 5. The first-order valence-corrected chi connectivity index (χ1v) is 9.41. The smallest absolute Gasteiger partial charge is 0.340 e. The minimum atomic E-state index is -0.292. The summed E-state index contributed by atoms with van der Waals surface area (Å²) in [7, 11) is 0. The zero-order chi connectivity index (χ0) is 18.8. The molecule has 0 aliphatic carbocycles. The first-order chi connectivity index (χ1) is 13.1. The number of piperidine rings is 1. The molecule has 0 amide bonds. The molecule has 27 heavy (non-hydrogen) atoms. The second-order valence-corrected chi connectivity index (χ2v) is 7.29. The number of anilines is 1. The Labute approximate surface area is 162 Å². The fourth-order valence-electron chi connectivity index (χ4n) is 3.36. The molecule has 1 fully saturated rings. The summed E-state index contributed by atoms with van der Waals surface area (Å²) in [5.41, 5.74) is 1.72. The van der Waals surface area contributed by atoms with E-state index in [9.17, 15) is 4.79 Å². The molecule has 1 aliphatic heterocycles. The van der Waals surface area contributed by atoms with E-state index in [0.717, 1.165) is 37.2 Å². The van der Waals surface area contributed by atoms with Gasteiger partial charge < -0.3 is 4.90 Å². The molecule has 2 aromatic heterocycles. The lowest BCUT2D eigenvalue weighted by atomic mass is 10.1. The summed E-state index contributed by atoms with van der Waals surface area (Å²) >= 11 is 5.90. The zero-order valence-corrected chi connectivity index (χ0v) is 15.9. The van der Waals surface area contributed by atoms with Gasteiger partial charge in [-0.1, -0.05) is 23.7 Å². The molecule has 3 heterocycles. The molecular weight excluding hydrogens is 364 g/mol. The summed E-state index contributed by atoms with van der Waals surface area (Å²) in [6.45, 7) is 4.05. The van der Waals surface area contributed by atoms with Crippen LogP contribution < -0.4 is 10.6 Å². The fraction of sp³-hybridized carbons (Fsp3) is 0.368. The summed E-state index contributed by atoms with van der Waals surface area (Å²) in [4.78, 5) is 23.1. The molecule has 0 unspecified atom stereocenters. The van der Waals surface area contributed by atoms with Gasteiger partial charge in [-0.15, -0.1) is 0 Å². The van der Waals surface area contributed by atoms with Gasteiger partial charge >= 0.3 is 5.69 Å². The van der Waals surface area contributed by atoms with Crippen molar-refractivity contribution in [1.29, 1.82) is 0 Å². The molecule has 4 rings (SSSR count). The van der Waals surface area contributed by atoms with Gasteiger partial charge in [0.1, 0.15) is 6.33 Å². The summed E-state index contributed by atoms with van der Waals surface area (Å²) in [5, 5.41) is 5.18. The van der Waals surface area contributed by atoms with Crippen LogP contribution in [0, 0.1) is 6.92 Å². The van der Waals surface area contributed by atoms with Gasteiger partial charge in [0.2, 0.25) is 5.95 Å².